The minimum atomic E-state index is 0.797. The first-order chi connectivity index (χ1) is 8.25. The minimum Gasteiger partial charge on any atom is -0.311 e. The molecule has 0 atom stereocenters. The van der Waals surface area contributed by atoms with E-state index >= 15 is 0 Å². The number of hydrogen-bond acceptors (Lipinski definition) is 4. The van der Waals surface area contributed by atoms with Crippen molar-refractivity contribution in [1.82, 2.24) is 9.38 Å². The number of hydrogen-bond donors (Lipinski definition) is 1. The van der Waals surface area contributed by atoms with Crippen molar-refractivity contribution in [2.75, 3.05) is 5.43 Å². The fourth-order valence-electron chi connectivity index (χ4n) is 1.75. The molecule has 0 aliphatic carbocycles. The van der Waals surface area contributed by atoms with E-state index in [1.165, 1.54) is 0 Å². The zero-order chi connectivity index (χ0) is 11.8. The van der Waals surface area contributed by atoms with Crippen molar-refractivity contribution in [1.29, 1.82) is 0 Å². The van der Waals surface area contributed by atoms with E-state index in [-0.39, 0.29) is 0 Å². The molecule has 0 aliphatic rings. The van der Waals surface area contributed by atoms with Crippen LogP contribution in [0, 0.1) is 0 Å². The van der Waals surface area contributed by atoms with Gasteiger partial charge in [0, 0.05) is 11.9 Å². The summed E-state index contributed by atoms with van der Waals surface area (Å²) in [6.45, 7) is 3.90. The Morgan fingerprint density at radius 2 is 2.24 bits per heavy atom. The third kappa shape index (κ3) is 1.68. The standard InChI is InChI=1S/C12H12N4S/c1-8(2)14-15-11-9-4-3-6-16(9)10-5-7-17-12(10)13-11/h3-7H,1-2H3,(H,13,15). The predicted molar refractivity (Wildman–Crippen MR) is 73.0 cm³/mol. The maximum absolute atomic E-state index is 4.59. The summed E-state index contributed by atoms with van der Waals surface area (Å²) in [6.07, 6.45) is 2.04. The number of rotatable bonds is 2. The smallest absolute Gasteiger partial charge is 0.172 e. The molecule has 0 amide bonds. The van der Waals surface area contributed by atoms with E-state index in [1.807, 2.05) is 32.2 Å². The topological polar surface area (TPSA) is 41.7 Å². The van der Waals surface area contributed by atoms with Crippen molar-refractivity contribution in [2.45, 2.75) is 13.8 Å². The third-order valence-electron chi connectivity index (χ3n) is 2.47. The summed E-state index contributed by atoms with van der Waals surface area (Å²) >= 11 is 1.63. The first-order valence-electron chi connectivity index (χ1n) is 5.37. The van der Waals surface area contributed by atoms with Crippen LogP contribution in [0.25, 0.3) is 15.9 Å². The molecule has 0 fully saturated rings. The molecule has 0 saturated carbocycles. The van der Waals surface area contributed by atoms with Crippen LogP contribution in [0.5, 0.6) is 0 Å². The number of nitrogens with zero attached hydrogens (tertiary/aromatic N) is 3. The lowest BCUT2D eigenvalue weighted by atomic mass is 10.4. The molecule has 17 heavy (non-hydrogen) atoms. The van der Waals surface area contributed by atoms with Crippen LogP contribution < -0.4 is 5.43 Å². The Kier molecular flexibility index (Phi) is 2.33. The van der Waals surface area contributed by atoms with Crippen molar-refractivity contribution in [3.63, 3.8) is 0 Å². The fourth-order valence-corrected chi connectivity index (χ4v) is 2.51. The van der Waals surface area contributed by atoms with Crippen LogP contribution in [0.4, 0.5) is 5.82 Å². The van der Waals surface area contributed by atoms with E-state index < -0.39 is 0 Å². The van der Waals surface area contributed by atoms with Gasteiger partial charge in [0.1, 0.15) is 4.83 Å². The molecule has 0 radical (unpaired) electrons. The van der Waals surface area contributed by atoms with E-state index in [2.05, 4.69) is 31.4 Å². The molecule has 3 aromatic rings. The summed E-state index contributed by atoms with van der Waals surface area (Å²) < 4.78 is 2.13. The zero-order valence-corrected chi connectivity index (χ0v) is 10.5. The van der Waals surface area contributed by atoms with Crippen molar-refractivity contribution in [2.24, 2.45) is 5.10 Å². The number of hydrazone groups is 1. The van der Waals surface area contributed by atoms with Gasteiger partial charge in [-0.15, -0.1) is 11.3 Å². The molecular weight excluding hydrogens is 232 g/mol. The van der Waals surface area contributed by atoms with Gasteiger partial charge in [-0.05, 0) is 37.4 Å². The fraction of sp³-hybridized carbons (Fsp3) is 0.167. The van der Waals surface area contributed by atoms with Gasteiger partial charge in [0.2, 0.25) is 0 Å². The number of fused-ring (bicyclic) bond motifs is 3. The molecule has 3 rings (SSSR count). The highest BCUT2D eigenvalue weighted by atomic mass is 32.1. The Morgan fingerprint density at radius 1 is 1.35 bits per heavy atom. The highest BCUT2D eigenvalue weighted by molar-refractivity contribution is 7.16. The third-order valence-corrected chi connectivity index (χ3v) is 3.27. The Balaban J connectivity index is 2.26. The van der Waals surface area contributed by atoms with E-state index in [1.54, 1.807) is 11.3 Å². The Labute approximate surface area is 103 Å². The molecule has 0 aromatic carbocycles. The van der Waals surface area contributed by atoms with Gasteiger partial charge in [0.05, 0.1) is 11.0 Å². The molecule has 0 bridgehead atoms. The van der Waals surface area contributed by atoms with Crippen LogP contribution in [0.1, 0.15) is 13.8 Å². The molecule has 0 spiro atoms. The maximum Gasteiger partial charge on any atom is 0.172 e. The lowest BCUT2D eigenvalue weighted by Crippen LogP contribution is -1.98. The first-order valence-corrected chi connectivity index (χ1v) is 6.25. The van der Waals surface area contributed by atoms with Gasteiger partial charge >= 0.3 is 0 Å². The Morgan fingerprint density at radius 3 is 3.06 bits per heavy atom. The Hall–Kier alpha value is -1.88. The molecule has 86 valence electrons. The van der Waals surface area contributed by atoms with Crippen LogP contribution in [0.2, 0.25) is 0 Å². The Bertz CT molecular complexity index is 704. The molecule has 5 heteroatoms. The van der Waals surface area contributed by atoms with Crippen LogP contribution in [0.3, 0.4) is 0 Å². The van der Waals surface area contributed by atoms with Gasteiger partial charge < -0.3 is 4.40 Å². The van der Waals surface area contributed by atoms with Crippen molar-refractivity contribution >= 4 is 38.7 Å². The van der Waals surface area contributed by atoms with Gasteiger partial charge in [-0.25, -0.2) is 4.98 Å². The number of anilines is 1. The lowest BCUT2D eigenvalue weighted by molar-refractivity contribution is 1.20. The average Bonchev–Trinajstić information content (AvgIpc) is 2.92. The molecule has 1 N–H and O–H groups in total. The number of nitrogens with one attached hydrogen (secondary N) is 1. The molecule has 3 aromatic heterocycles. The molecule has 4 nitrogen and oxygen atoms in total. The summed E-state index contributed by atoms with van der Waals surface area (Å²) in [5.41, 5.74) is 6.17. The summed E-state index contributed by atoms with van der Waals surface area (Å²) in [5.74, 6) is 0.797. The minimum absolute atomic E-state index is 0.797. The molecule has 3 heterocycles. The second-order valence-corrected chi connectivity index (χ2v) is 4.90. The van der Waals surface area contributed by atoms with Crippen LogP contribution in [-0.4, -0.2) is 15.1 Å². The lowest BCUT2D eigenvalue weighted by Gasteiger charge is -2.05. The summed E-state index contributed by atoms with van der Waals surface area (Å²) in [6, 6.07) is 6.13. The largest absolute Gasteiger partial charge is 0.311 e. The monoisotopic (exact) mass is 244 g/mol. The average molecular weight is 244 g/mol. The zero-order valence-electron chi connectivity index (χ0n) is 9.64. The van der Waals surface area contributed by atoms with Crippen LogP contribution in [-0.2, 0) is 0 Å². The van der Waals surface area contributed by atoms with Gasteiger partial charge in [-0.1, -0.05) is 0 Å². The SMILES string of the molecule is CC(C)=NNc1nc2sccc2n2cccc12. The number of thiophene rings is 1. The van der Waals surface area contributed by atoms with Gasteiger partial charge in [-0.3, -0.25) is 5.43 Å². The molecule has 0 saturated heterocycles. The van der Waals surface area contributed by atoms with Crippen molar-refractivity contribution in [3.8, 4) is 0 Å². The highest BCUT2D eigenvalue weighted by Crippen LogP contribution is 2.25. The normalized spacial score (nSPS) is 10.9. The molecule has 0 unspecified atom stereocenters. The van der Waals surface area contributed by atoms with Crippen molar-refractivity contribution in [3.05, 3.63) is 29.8 Å². The summed E-state index contributed by atoms with van der Waals surface area (Å²) in [4.78, 5) is 5.60. The first kappa shape index (κ1) is 10.3. The maximum atomic E-state index is 4.59. The van der Waals surface area contributed by atoms with Gasteiger partial charge in [-0.2, -0.15) is 5.10 Å². The van der Waals surface area contributed by atoms with E-state index in [9.17, 15) is 0 Å². The van der Waals surface area contributed by atoms with Crippen molar-refractivity contribution < 1.29 is 0 Å². The van der Waals surface area contributed by atoms with E-state index in [4.69, 9.17) is 0 Å². The van der Waals surface area contributed by atoms with Gasteiger partial charge in [0.25, 0.3) is 0 Å². The van der Waals surface area contributed by atoms with Gasteiger partial charge in [0.15, 0.2) is 5.82 Å². The van der Waals surface area contributed by atoms with E-state index in [0.29, 0.717) is 0 Å². The molecular formula is C12H12N4S. The quantitative estimate of drug-likeness (QED) is 0.555. The second kappa shape index (κ2) is 3.85. The van der Waals surface area contributed by atoms with Crippen LogP contribution >= 0.6 is 11.3 Å². The second-order valence-electron chi connectivity index (χ2n) is 4.01. The summed E-state index contributed by atoms with van der Waals surface area (Å²) in [5, 5.41) is 6.26. The summed E-state index contributed by atoms with van der Waals surface area (Å²) in [7, 11) is 0. The predicted octanol–water partition coefficient (Wildman–Crippen LogP) is 3.36. The molecule has 0 aliphatic heterocycles. The van der Waals surface area contributed by atoms with Crippen LogP contribution in [0.15, 0.2) is 34.9 Å². The van der Waals surface area contributed by atoms with E-state index in [0.717, 1.165) is 27.4 Å². The number of aromatic nitrogens is 2. The highest BCUT2D eigenvalue weighted by Gasteiger charge is 2.07.